The van der Waals surface area contributed by atoms with E-state index in [9.17, 15) is 0 Å². The van der Waals surface area contributed by atoms with Crippen LogP contribution in [0, 0.1) is 0 Å². The molecule has 0 aromatic carbocycles. The molecule has 20 heavy (non-hydrogen) atoms. The molecule has 0 aliphatic heterocycles. The maximum atomic E-state index is 4.42. The minimum Gasteiger partial charge on any atom is -0.356 e. The van der Waals surface area contributed by atoms with Gasteiger partial charge in [-0.2, -0.15) is 0 Å². The first-order chi connectivity index (χ1) is 9.80. The van der Waals surface area contributed by atoms with Crippen molar-refractivity contribution in [2.24, 2.45) is 4.99 Å². The molecular weight excluding hydrogens is 268 g/mol. The molecule has 0 radical (unpaired) electrons. The minimum absolute atomic E-state index is 0.880. The number of guanidine groups is 1. The first kappa shape index (κ1) is 17.0. The lowest BCUT2D eigenvalue weighted by atomic mass is 10.2. The highest BCUT2D eigenvalue weighted by Crippen LogP contribution is 2.13. The molecule has 1 aromatic rings. The molecule has 0 unspecified atom stereocenters. The third-order valence-corrected chi connectivity index (χ3v) is 4.33. The Kier molecular flexibility index (Phi) is 9.04. The maximum Gasteiger partial charge on any atom is 0.190 e. The average molecular weight is 296 g/mol. The second kappa shape index (κ2) is 10.7. The van der Waals surface area contributed by atoms with E-state index in [1.807, 2.05) is 24.6 Å². The van der Waals surface area contributed by atoms with Crippen LogP contribution in [0.3, 0.4) is 0 Å². The zero-order valence-electron chi connectivity index (χ0n) is 13.0. The van der Waals surface area contributed by atoms with Gasteiger partial charge in [-0.05, 0) is 12.8 Å². The van der Waals surface area contributed by atoms with E-state index >= 15 is 0 Å². The van der Waals surface area contributed by atoms with Crippen LogP contribution in [0.2, 0.25) is 0 Å². The highest BCUT2D eigenvalue weighted by Gasteiger charge is 2.01. The number of aliphatic imine (C=N–C) groups is 1. The molecule has 1 rings (SSSR count). The van der Waals surface area contributed by atoms with Crippen LogP contribution < -0.4 is 10.6 Å². The van der Waals surface area contributed by atoms with Crippen LogP contribution in [-0.4, -0.2) is 31.1 Å². The Labute approximate surface area is 127 Å². The lowest BCUT2D eigenvalue weighted by Gasteiger charge is -2.11. The van der Waals surface area contributed by atoms with Gasteiger partial charge in [0.25, 0.3) is 0 Å². The van der Waals surface area contributed by atoms with Crippen LogP contribution in [0.15, 0.2) is 11.2 Å². The van der Waals surface area contributed by atoms with Gasteiger partial charge >= 0.3 is 0 Å². The lowest BCUT2D eigenvalue weighted by molar-refractivity contribution is 0.647. The third-order valence-electron chi connectivity index (χ3n) is 3.13. The zero-order chi connectivity index (χ0) is 14.6. The number of thiazole rings is 1. The summed E-state index contributed by atoms with van der Waals surface area (Å²) >= 11 is 1.81. The molecule has 0 aliphatic carbocycles. The van der Waals surface area contributed by atoms with Crippen LogP contribution in [0.5, 0.6) is 0 Å². The van der Waals surface area contributed by atoms with Gasteiger partial charge in [-0.1, -0.05) is 33.1 Å². The van der Waals surface area contributed by atoms with Crippen molar-refractivity contribution in [3.63, 3.8) is 0 Å². The summed E-state index contributed by atoms with van der Waals surface area (Å²) in [6.07, 6.45) is 9.12. The summed E-state index contributed by atoms with van der Waals surface area (Å²) in [6, 6.07) is 0. The molecule has 5 heteroatoms. The van der Waals surface area contributed by atoms with Crippen LogP contribution in [0.1, 0.15) is 49.4 Å². The monoisotopic (exact) mass is 296 g/mol. The summed E-state index contributed by atoms with van der Waals surface area (Å²) in [6.45, 7) is 6.28. The van der Waals surface area contributed by atoms with Crippen LogP contribution in [0.25, 0.3) is 0 Å². The molecule has 0 atom stereocenters. The van der Waals surface area contributed by atoms with Crippen LogP contribution in [0.4, 0.5) is 0 Å². The number of nitrogens with zero attached hydrogens (tertiary/aromatic N) is 2. The first-order valence-corrected chi connectivity index (χ1v) is 8.49. The van der Waals surface area contributed by atoms with Gasteiger partial charge in [-0.15, -0.1) is 11.3 Å². The Morgan fingerprint density at radius 3 is 2.65 bits per heavy atom. The average Bonchev–Trinajstić information content (AvgIpc) is 2.93. The maximum absolute atomic E-state index is 4.42. The predicted molar refractivity (Wildman–Crippen MR) is 88.7 cm³/mol. The standard InChI is InChI=1S/C15H28N4S/c1-4-6-7-8-10-17-15(16-3)18-11-9-14-19-12-13(5-2)20-14/h12H,4-11H2,1-3H3,(H2,16,17,18). The molecular formula is C15H28N4S. The van der Waals surface area contributed by atoms with Crippen LogP contribution in [-0.2, 0) is 12.8 Å². The highest BCUT2D eigenvalue weighted by atomic mass is 32.1. The summed E-state index contributed by atoms with van der Waals surface area (Å²) in [5.41, 5.74) is 0. The van der Waals surface area contributed by atoms with Gasteiger partial charge in [0.1, 0.15) is 0 Å². The summed E-state index contributed by atoms with van der Waals surface area (Å²) in [7, 11) is 1.82. The molecule has 0 aliphatic rings. The van der Waals surface area contributed by atoms with Crippen LogP contribution >= 0.6 is 11.3 Å². The van der Waals surface area contributed by atoms with E-state index in [1.165, 1.54) is 35.6 Å². The molecule has 0 saturated carbocycles. The SMILES string of the molecule is CCCCCCNC(=NC)NCCc1ncc(CC)s1. The van der Waals surface area contributed by atoms with E-state index in [0.717, 1.165) is 31.9 Å². The van der Waals surface area contributed by atoms with E-state index in [-0.39, 0.29) is 0 Å². The quantitative estimate of drug-likeness (QED) is 0.418. The first-order valence-electron chi connectivity index (χ1n) is 7.68. The summed E-state index contributed by atoms with van der Waals surface area (Å²) < 4.78 is 0. The van der Waals surface area contributed by atoms with Gasteiger partial charge < -0.3 is 10.6 Å². The fourth-order valence-electron chi connectivity index (χ4n) is 1.89. The molecule has 0 saturated heterocycles. The van der Waals surface area contributed by atoms with Gasteiger partial charge in [0.05, 0.1) is 5.01 Å². The van der Waals surface area contributed by atoms with Crippen molar-refractivity contribution < 1.29 is 0 Å². The van der Waals surface area contributed by atoms with Gasteiger partial charge in [-0.25, -0.2) is 4.98 Å². The van der Waals surface area contributed by atoms with Crippen molar-refractivity contribution in [2.45, 2.75) is 52.4 Å². The summed E-state index contributed by atoms with van der Waals surface area (Å²) in [5, 5.41) is 7.90. The Balaban J connectivity index is 2.14. The van der Waals surface area contributed by atoms with Crippen molar-refractivity contribution >= 4 is 17.3 Å². The van der Waals surface area contributed by atoms with Gasteiger partial charge in [0.2, 0.25) is 0 Å². The Morgan fingerprint density at radius 1 is 1.20 bits per heavy atom. The van der Waals surface area contributed by atoms with E-state index < -0.39 is 0 Å². The van der Waals surface area contributed by atoms with Crippen molar-refractivity contribution in [3.8, 4) is 0 Å². The smallest absolute Gasteiger partial charge is 0.190 e. The van der Waals surface area contributed by atoms with Gasteiger partial charge in [0, 0.05) is 37.6 Å². The van der Waals surface area contributed by atoms with E-state index in [1.54, 1.807) is 0 Å². The zero-order valence-corrected chi connectivity index (χ0v) is 13.9. The second-order valence-corrected chi connectivity index (χ2v) is 6.01. The summed E-state index contributed by atoms with van der Waals surface area (Å²) in [5.74, 6) is 0.897. The number of rotatable bonds is 9. The third kappa shape index (κ3) is 6.89. The normalized spacial score (nSPS) is 11.7. The molecule has 0 spiro atoms. The predicted octanol–water partition coefficient (Wildman–Crippen LogP) is 2.99. The fourth-order valence-corrected chi connectivity index (χ4v) is 2.76. The molecule has 114 valence electrons. The van der Waals surface area contributed by atoms with Crippen molar-refractivity contribution in [2.75, 3.05) is 20.1 Å². The molecule has 1 heterocycles. The number of hydrogen-bond acceptors (Lipinski definition) is 3. The highest BCUT2D eigenvalue weighted by molar-refractivity contribution is 7.11. The topological polar surface area (TPSA) is 49.3 Å². The van der Waals surface area contributed by atoms with Crippen molar-refractivity contribution in [1.82, 2.24) is 15.6 Å². The number of hydrogen-bond donors (Lipinski definition) is 2. The van der Waals surface area contributed by atoms with Crippen molar-refractivity contribution in [3.05, 3.63) is 16.1 Å². The fraction of sp³-hybridized carbons (Fsp3) is 0.733. The molecule has 4 nitrogen and oxygen atoms in total. The Morgan fingerprint density at radius 2 is 2.00 bits per heavy atom. The number of aryl methyl sites for hydroxylation is 1. The summed E-state index contributed by atoms with van der Waals surface area (Å²) in [4.78, 5) is 10.0. The molecule has 1 aromatic heterocycles. The minimum atomic E-state index is 0.880. The van der Waals surface area contributed by atoms with Gasteiger partial charge in [-0.3, -0.25) is 4.99 Å². The Hall–Kier alpha value is -1.10. The number of aromatic nitrogens is 1. The Bertz CT molecular complexity index is 387. The molecule has 0 bridgehead atoms. The number of nitrogens with one attached hydrogen (secondary N) is 2. The van der Waals surface area contributed by atoms with Crippen molar-refractivity contribution in [1.29, 1.82) is 0 Å². The molecule has 0 amide bonds. The molecule has 2 N–H and O–H groups in total. The van der Waals surface area contributed by atoms with E-state index in [2.05, 4.69) is 34.5 Å². The number of unbranched alkanes of at least 4 members (excludes halogenated alkanes) is 3. The van der Waals surface area contributed by atoms with E-state index in [0.29, 0.717) is 0 Å². The lowest BCUT2D eigenvalue weighted by Crippen LogP contribution is -2.38. The second-order valence-electron chi connectivity index (χ2n) is 4.81. The van der Waals surface area contributed by atoms with Gasteiger partial charge in [0.15, 0.2) is 5.96 Å². The molecule has 0 fully saturated rings. The largest absolute Gasteiger partial charge is 0.356 e. The van der Waals surface area contributed by atoms with E-state index in [4.69, 9.17) is 0 Å².